The van der Waals surface area contributed by atoms with E-state index in [1.54, 1.807) is 11.3 Å². The van der Waals surface area contributed by atoms with Crippen molar-refractivity contribution in [3.05, 3.63) is 11.1 Å². The molecule has 1 heterocycles. The normalized spacial score (nSPS) is 17.8. The van der Waals surface area contributed by atoms with Gasteiger partial charge in [-0.15, -0.1) is 11.3 Å². The fraction of sp³-hybridized carbons (Fsp3) is 0.727. The lowest BCUT2D eigenvalue weighted by atomic mass is 10.3. The molecule has 0 spiro atoms. The fourth-order valence-electron chi connectivity index (χ4n) is 1.68. The Kier molecular flexibility index (Phi) is 3.26. The second-order valence-electron chi connectivity index (χ2n) is 4.26. The Balaban J connectivity index is 2.10. The number of thiazole rings is 1. The topological polar surface area (TPSA) is 42.2 Å². The maximum atomic E-state index is 5.84. The molecule has 15 heavy (non-hydrogen) atoms. The molecule has 2 N–H and O–H groups in total. The van der Waals surface area contributed by atoms with Crippen LogP contribution in [0.5, 0.6) is 0 Å². The third-order valence-corrected chi connectivity index (χ3v) is 3.89. The van der Waals surface area contributed by atoms with Crippen LogP contribution in [-0.2, 0) is 0 Å². The highest BCUT2D eigenvalue weighted by molar-refractivity contribution is 7.15. The second-order valence-corrected chi connectivity index (χ2v) is 5.30. The molecule has 1 saturated carbocycles. The highest BCUT2D eigenvalue weighted by Gasteiger charge is 2.30. The number of aromatic nitrogens is 1. The van der Waals surface area contributed by atoms with Crippen molar-refractivity contribution < 1.29 is 0 Å². The molecule has 0 bridgehead atoms. The Labute approximate surface area is 95.3 Å². The van der Waals surface area contributed by atoms with E-state index < -0.39 is 0 Å². The van der Waals surface area contributed by atoms with Crippen molar-refractivity contribution in [3.8, 4) is 0 Å². The minimum absolute atomic E-state index is 0.110. The van der Waals surface area contributed by atoms with Crippen LogP contribution in [0.4, 0.5) is 5.13 Å². The number of hydrogen-bond acceptors (Lipinski definition) is 4. The molecule has 0 saturated heterocycles. The van der Waals surface area contributed by atoms with Gasteiger partial charge in [-0.3, -0.25) is 0 Å². The van der Waals surface area contributed by atoms with Gasteiger partial charge >= 0.3 is 0 Å². The summed E-state index contributed by atoms with van der Waals surface area (Å²) in [4.78, 5) is 8.11. The van der Waals surface area contributed by atoms with Gasteiger partial charge in [0.2, 0.25) is 0 Å². The minimum Gasteiger partial charge on any atom is -0.345 e. The Bertz CT molecular complexity index is 317. The molecule has 3 nitrogen and oxygen atoms in total. The van der Waals surface area contributed by atoms with Gasteiger partial charge in [0, 0.05) is 29.7 Å². The van der Waals surface area contributed by atoms with Crippen LogP contribution in [0.3, 0.4) is 0 Å². The molecule has 84 valence electrons. The Morgan fingerprint density at radius 1 is 1.67 bits per heavy atom. The quantitative estimate of drug-likeness (QED) is 0.837. The molecule has 0 radical (unpaired) electrons. The van der Waals surface area contributed by atoms with Crippen molar-refractivity contribution in [3.63, 3.8) is 0 Å². The van der Waals surface area contributed by atoms with Crippen molar-refractivity contribution >= 4 is 16.5 Å². The maximum Gasteiger partial charge on any atom is 0.185 e. The zero-order valence-corrected chi connectivity index (χ0v) is 10.3. The molecule has 1 fully saturated rings. The molecule has 1 atom stereocenters. The molecule has 0 aliphatic heterocycles. The summed E-state index contributed by atoms with van der Waals surface area (Å²) < 4.78 is 0. The first-order valence-corrected chi connectivity index (χ1v) is 6.52. The summed E-state index contributed by atoms with van der Waals surface area (Å²) in [5.74, 6) is 0. The summed E-state index contributed by atoms with van der Waals surface area (Å²) >= 11 is 1.75. The van der Waals surface area contributed by atoms with Crippen LogP contribution in [0.1, 0.15) is 44.0 Å². The standard InChI is InChI=1S/C11H19N3S/c1-3-6-14(9-4-5-9)11-13-7-10(15-11)8(2)12/h7-9H,3-6,12H2,1-2H3. The predicted molar refractivity (Wildman–Crippen MR) is 65.4 cm³/mol. The van der Waals surface area contributed by atoms with E-state index in [0.717, 1.165) is 17.7 Å². The van der Waals surface area contributed by atoms with Crippen LogP contribution in [-0.4, -0.2) is 17.6 Å². The summed E-state index contributed by atoms with van der Waals surface area (Å²) in [5, 5.41) is 1.16. The average molecular weight is 225 g/mol. The third kappa shape index (κ3) is 2.49. The van der Waals surface area contributed by atoms with E-state index in [4.69, 9.17) is 5.73 Å². The van der Waals surface area contributed by atoms with Gasteiger partial charge in [0.05, 0.1) is 0 Å². The third-order valence-electron chi connectivity index (χ3n) is 2.66. The fourth-order valence-corrected chi connectivity index (χ4v) is 2.65. The minimum atomic E-state index is 0.110. The Morgan fingerprint density at radius 3 is 2.87 bits per heavy atom. The molecule has 4 heteroatoms. The monoisotopic (exact) mass is 225 g/mol. The molecule has 0 amide bonds. The Morgan fingerprint density at radius 2 is 2.40 bits per heavy atom. The van der Waals surface area contributed by atoms with Gasteiger partial charge in [0.15, 0.2) is 5.13 Å². The van der Waals surface area contributed by atoms with Gasteiger partial charge < -0.3 is 10.6 Å². The number of nitrogens with two attached hydrogens (primary N) is 1. The van der Waals surface area contributed by atoms with Crippen molar-refractivity contribution in [2.24, 2.45) is 5.73 Å². The molecule has 0 aromatic carbocycles. The van der Waals surface area contributed by atoms with E-state index in [0.29, 0.717) is 0 Å². The lowest BCUT2D eigenvalue weighted by molar-refractivity contribution is 0.759. The van der Waals surface area contributed by atoms with Gasteiger partial charge in [-0.25, -0.2) is 4.98 Å². The molecular formula is C11H19N3S. The highest BCUT2D eigenvalue weighted by atomic mass is 32.1. The number of hydrogen-bond donors (Lipinski definition) is 1. The smallest absolute Gasteiger partial charge is 0.185 e. The molecule has 1 unspecified atom stereocenters. The summed E-state index contributed by atoms with van der Waals surface area (Å²) in [6, 6.07) is 0.857. The summed E-state index contributed by atoms with van der Waals surface area (Å²) in [5.41, 5.74) is 5.84. The molecule has 1 aliphatic rings. The zero-order chi connectivity index (χ0) is 10.8. The molecule has 1 aromatic rings. The van der Waals surface area contributed by atoms with Gasteiger partial charge in [0.1, 0.15) is 0 Å². The first kappa shape index (κ1) is 10.9. The summed E-state index contributed by atoms with van der Waals surface area (Å²) in [7, 11) is 0. The molecule has 1 aromatic heterocycles. The maximum absolute atomic E-state index is 5.84. The van der Waals surface area contributed by atoms with E-state index >= 15 is 0 Å². The average Bonchev–Trinajstić information content (AvgIpc) is 2.91. The van der Waals surface area contributed by atoms with E-state index in [9.17, 15) is 0 Å². The number of nitrogens with zero attached hydrogens (tertiary/aromatic N) is 2. The zero-order valence-electron chi connectivity index (χ0n) is 9.44. The predicted octanol–water partition coefficient (Wildman–Crippen LogP) is 2.54. The number of anilines is 1. The number of rotatable bonds is 5. The lowest BCUT2D eigenvalue weighted by Gasteiger charge is -2.20. The van der Waals surface area contributed by atoms with Crippen molar-refractivity contribution in [1.82, 2.24) is 4.98 Å². The van der Waals surface area contributed by atoms with Crippen LogP contribution in [0.25, 0.3) is 0 Å². The molecular weight excluding hydrogens is 206 g/mol. The van der Waals surface area contributed by atoms with Crippen LogP contribution in [0.2, 0.25) is 0 Å². The van der Waals surface area contributed by atoms with Crippen LogP contribution in [0.15, 0.2) is 6.20 Å². The van der Waals surface area contributed by atoms with Gasteiger partial charge in [-0.05, 0) is 26.2 Å². The van der Waals surface area contributed by atoms with Gasteiger partial charge in [0.25, 0.3) is 0 Å². The van der Waals surface area contributed by atoms with Crippen molar-refractivity contribution in [1.29, 1.82) is 0 Å². The van der Waals surface area contributed by atoms with E-state index in [2.05, 4.69) is 16.8 Å². The lowest BCUT2D eigenvalue weighted by Crippen LogP contribution is -2.26. The van der Waals surface area contributed by atoms with Gasteiger partial charge in [-0.2, -0.15) is 0 Å². The van der Waals surface area contributed by atoms with Crippen molar-refractivity contribution in [2.45, 2.75) is 45.2 Å². The molecule has 1 aliphatic carbocycles. The van der Waals surface area contributed by atoms with Crippen LogP contribution >= 0.6 is 11.3 Å². The van der Waals surface area contributed by atoms with Crippen molar-refractivity contribution in [2.75, 3.05) is 11.4 Å². The summed E-state index contributed by atoms with van der Waals surface area (Å²) in [6.45, 7) is 5.35. The second kappa shape index (κ2) is 4.49. The first-order valence-electron chi connectivity index (χ1n) is 5.70. The SMILES string of the molecule is CCCN(c1ncc(C(C)N)s1)C1CC1. The summed E-state index contributed by atoms with van der Waals surface area (Å²) in [6.07, 6.45) is 5.76. The van der Waals surface area contributed by atoms with Gasteiger partial charge in [-0.1, -0.05) is 6.92 Å². The van der Waals surface area contributed by atoms with Crippen LogP contribution < -0.4 is 10.6 Å². The highest BCUT2D eigenvalue weighted by Crippen LogP contribution is 2.35. The van der Waals surface area contributed by atoms with E-state index in [1.807, 2.05) is 13.1 Å². The Hall–Kier alpha value is -0.610. The van der Waals surface area contributed by atoms with Crippen LogP contribution in [0, 0.1) is 0 Å². The van der Waals surface area contributed by atoms with E-state index in [1.165, 1.54) is 24.1 Å². The first-order chi connectivity index (χ1) is 7.22. The van der Waals surface area contributed by atoms with E-state index in [-0.39, 0.29) is 6.04 Å². The largest absolute Gasteiger partial charge is 0.345 e. The molecule has 2 rings (SSSR count).